The fourth-order valence-electron chi connectivity index (χ4n) is 2.84. The minimum Gasteiger partial charge on any atom is -0.465 e. The highest BCUT2D eigenvalue weighted by molar-refractivity contribution is 5.89. The second-order valence-electron chi connectivity index (χ2n) is 6.11. The molecule has 1 aromatic heterocycles. The summed E-state index contributed by atoms with van der Waals surface area (Å²) in [6.45, 7) is 3.18. The molecule has 27 heavy (non-hydrogen) atoms. The molecule has 0 spiro atoms. The van der Waals surface area contributed by atoms with Crippen LogP contribution < -0.4 is 10.6 Å². The number of hydrogen-bond donors (Lipinski definition) is 2. The summed E-state index contributed by atoms with van der Waals surface area (Å²) in [7, 11) is 3.10. The van der Waals surface area contributed by atoms with Gasteiger partial charge in [-0.05, 0) is 30.7 Å². The van der Waals surface area contributed by atoms with Crippen LogP contribution in [0.2, 0.25) is 0 Å². The van der Waals surface area contributed by atoms with Crippen LogP contribution in [0.15, 0.2) is 57.9 Å². The standard InChI is InChI=1S/C21H23N3O3/c1-14-17-6-4-5-7-18(17)27-19(14)13-24-21(22-2)23-12-15-8-10-16(11-9-15)20(25)26-3/h4-11H,12-13H2,1-3H3,(H2,22,23,24). The van der Waals surface area contributed by atoms with E-state index in [1.165, 1.54) is 7.11 Å². The molecule has 3 rings (SSSR count). The van der Waals surface area contributed by atoms with Crippen LogP contribution in [0.3, 0.4) is 0 Å². The van der Waals surface area contributed by atoms with Gasteiger partial charge in [0.1, 0.15) is 11.3 Å². The molecule has 0 unspecified atom stereocenters. The molecule has 0 saturated heterocycles. The molecule has 6 heteroatoms. The molecule has 6 nitrogen and oxygen atoms in total. The minimum atomic E-state index is -0.340. The zero-order valence-electron chi connectivity index (χ0n) is 15.7. The van der Waals surface area contributed by atoms with Crippen molar-refractivity contribution in [3.63, 3.8) is 0 Å². The number of nitrogens with zero attached hydrogens (tertiary/aromatic N) is 1. The van der Waals surface area contributed by atoms with E-state index in [2.05, 4.69) is 28.6 Å². The summed E-state index contributed by atoms with van der Waals surface area (Å²) in [6, 6.07) is 15.3. The van der Waals surface area contributed by atoms with E-state index < -0.39 is 0 Å². The lowest BCUT2D eigenvalue weighted by Crippen LogP contribution is -2.36. The van der Waals surface area contributed by atoms with Crippen LogP contribution in [-0.4, -0.2) is 26.1 Å². The van der Waals surface area contributed by atoms with Gasteiger partial charge in [-0.15, -0.1) is 0 Å². The molecule has 0 saturated carbocycles. The summed E-state index contributed by atoms with van der Waals surface area (Å²) >= 11 is 0. The number of para-hydroxylation sites is 1. The summed E-state index contributed by atoms with van der Waals surface area (Å²) in [5.41, 5.74) is 3.59. The number of furan rings is 1. The van der Waals surface area contributed by atoms with E-state index in [0.717, 1.165) is 27.9 Å². The Labute approximate surface area is 158 Å². The third-order valence-corrected chi connectivity index (χ3v) is 4.42. The molecule has 2 aromatic carbocycles. The Kier molecular flexibility index (Phi) is 5.76. The number of methoxy groups -OCH3 is 1. The van der Waals surface area contributed by atoms with Gasteiger partial charge in [0.2, 0.25) is 0 Å². The smallest absolute Gasteiger partial charge is 0.337 e. The Hall–Kier alpha value is -3.28. The molecular weight excluding hydrogens is 342 g/mol. The van der Waals surface area contributed by atoms with Crippen LogP contribution in [0.1, 0.15) is 27.2 Å². The van der Waals surface area contributed by atoms with E-state index >= 15 is 0 Å². The topological polar surface area (TPSA) is 75.9 Å². The average molecular weight is 365 g/mol. The van der Waals surface area contributed by atoms with Crippen molar-refractivity contribution in [2.75, 3.05) is 14.2 Å². The van der Waals surface area contributed by atoms with Crippen LogP contribution in [0.5, 0.6) is 0 Å². The Morgan fingerprint density at radius 1 is 1.07 bits per heavy atom. The lowest BCUT2D eigenvalue weighted by Gasteiger charge is -2.11. The predicted octanol–water partition coefficient (Wildman–Crippen LogP) is 3.39. The first-order valence-corrected chi connectivity index (χ1v) is 8.71. The number of aryl methyl sites for hydroxylation is 1. The summed E-state index contributed by atoms with van der Waals surface area (Å²) in [6.07, 6.45) is 0. The summed E-state index contributed by atoms with van der Waals surface area (Å²) in [5.74, 6) is 1.22. The lowest BCUT2D eigenvalue weighted by atomic mass is 10.1. The van der Waals surface area contributed by atoms with E-state index in [-0.39, 0.29) is 5.97 Å². The molecule has 0 fully saturated rings. The maximum Gasteiger partial charge on any atom is 0.337 e. The van der Waals surface area contributed by atoms with Crippen LogP contribution >= 0.6 is 0 Å². The summed E-state index contributed by atoms with van der Waals surface area (Å²) < 4.78 is 10.6. The fourth-order valence-corrected chi connectivity index (χ4v) is 2.84. The molecule has 3 aromatic rings. The molecule has 1 heterocycles. The van der Waals surface area contributed by atoms with Crippen LogP contribution in [-0.2, 0) is 17.8 Å². The number of carbonyl (C=O) groups is 1. The van der Waals surface area contributed by atoms with Crippen molar-refractivity contribution in [3.05, 3.63) is 71.0 Å². The summed E-state index contributed by atoms with van der Waals surface area (Å²) in [5, 5.41) is 7.65. The first-order valence-electron chi connectivity index (χ1n) is 8.71. The molecule has 0 atom stereocenters. The van der Waals surface area contributed by atoms with Gasteiger partial charge in [-0.3, -0.25) is 4.99 Å². The highest BCUT2D eigenvalue weighted by atomic mass is 16.5. The Morgan fingerprint density at radius 3 is 2.44 bits per heavy atom. The zero-order chi connectivity index (χ0) is 19.2. The van der Waals surface area contributed by atoms with Gasteiger partial charge in [0.15, 0.2) is 5.96 Å². The maximum atomic E-state index is 11.5. The molecule has 0 amide bonds. The Balaban J connectivity index is 1.58. The molecule has 0 bridgehead atoms. The predicted molar refractivity (Wildman–Crippen MR) is 106 cm³/mol. The van der Waals surface area contributed by atoms with Crippen LogP contribution in [0, 0.1) is 6.92 Å². The van der Waals surface area contributed by atoms with E-state index in [4.69, 9.17) is 9.15 Å². The number of ether oxygens (including phenoxy) is 1. The number of fused-ring (bicyclic) bond motifs is 1. The third kappa shape index (κ3) is 4.28. The largest absolute Gasteiger partial charge is 0.465 e. The number of carbonyl (C=O) groups excluding carboxylic acids is 1. The SMILES string of the molecule is CN=C(NCc1ccc(C(=O)OC)cc1)NCc1oc2ccccc2c1C. The lowest BCUT2D eigenvalue weighted by molar-refractivity contribution is 0.0600. The highest BCUT2D eigenvalue weighted by Gasteiger charge is 2.10. The van der Waals surface area contributed by atoms with Gasteiger partial charge in [-0.2, -0.15) is 0 Å². The summed E-state index contributed by atoms with van der Waals surface area (Å²) in [4.78, 5) is 15.7. The Bertz CT molecular complexity index is 958. The fraction of sp³-hybridized carbons (Fsp3) is 0.238. The number of benzene rings is 2. The monoisotopic (exact) mass is 365 g/mol. The molecule has 0 aliphatic carbocycles. The Morgan fingerprint density at radius 2 is 1.78 bits per heavy atom. The van der Waals surface area contributed by atoms with E-state index in [9.17, 15) is 4.79 Å². The van der Waals surface area contributed by atoms with E-state index in [1.807, 2.05) is 30.3 Å². The number of esters is 1. The van der Waals surface area contributed by atoms with Gasteiger partial charge in [0.05, 0.1) is 19.2 Å². The molecule has 0 aliphatic rings. The van der Waals surface area contributed by atoms with Gasteiger partial charge >= 0.3 is 5.97 Å². The van der Waals surface area contributed by atoms with Gasteiger partial charge in [0, 0.05) is 24.5 Å². The normalized spacial score (nSPS) is 11.4. The second-order valence-corrected chi connectivity index (χ2v) is 6.11. The zero-order valence-corrected chi connectivity index (χ0v) is 15.7. The van der Waals surface area contributed by atoms with Crippen LogP contribution in [0.4, 0.5) is 0 Å². The first-order chi connectivity index (χ1) is 13.1. The molecular formula is C21H23N3O3. The maximum absolute atomic E-state index is 11.5. The van der Waals surface area contributed by atoms with Crippen molar-refractivity contribution in [2.24, 2.45) is 4.99 Å². The van der Waals surface area contributed by atoms with Crippen LogP contribution in [0.25, 0.3) is 11.0 Å². The quantitative estimate of drug-likeness (QED) is 0.412. The second kappa shape index (κ2) is 8.40. The third-order valence-electron chi connectivity index (χ3n) is 4.42. The van der Waals surface area contributed by atoms with Gasteiger partial charge in [0.25, 0.3) is 0 Å². The first kappa shape index (κ1) is 18.5. The number of hydrogen-bond acceptors (Lipinski definition) is 4. The molecule has 140 valence electrons. The average Bonchev–Trinajstić information content (AvgIpc) is 3.04. The number of aliphatic imine (C=N–C) groups is 1. The van der Waals surface area contributed by atoms with E-state index in [1.54, 1.807) is 19.2 Å². The number of rotatable bonds is 5. The van der Waals surface area contributed by atoms with Crippen molar-refractivity contribution < 1.29 is 13.9 Å². The van der Waals surface area contributed by atoms with Crippen molar-refractivity contribution in [3.8, 4) is 0 Å². The molecule has 0 aliphatic heterocycles. The minimum absolute atomic E-state index is 0.340. The van der Waals surface area contributed by atoms with Gasteiger partial charge in [-0.1, -0.05) is 30.3 Å². The van der Waals surface area contributed by atoms with Crippen molar-refractivity contribution in [2.45, 2.75) is 20.0 Å². The van der Waals surface area contributed by atoms with Crippen molar-refractivity contribution in [1.82, 2.24) is 10.6 Å². The van der Waals surface area contributed by atoms with Gasteiger partial charge in [-0.25, -0.2) is 4.79 Å². The van der Waals surface area contributed by atoms with Gasteiger partial charge < -0.3 is 19.8 Å². The number of guanidine groups is 1. The highest BCUT2D eigenvalue weighted by Crippen LogP contribution is 2.24. The molecule has 0 radical (unpaired) electrons. The molecule has 2 N–H and O–H groups in total. The van der Waals surface area contributed by atoms with Crippen molar-refractivity contribution in [1.29, 1.82) is 0 Å². The van der Waals surface area contributed by atoms with E-state index in [0.29, 0.717) is 24.6 Å². The number of nitrogens with one attached hydrogen (secondary N) is 2. The van der Waals surface area contributed by atoms with Crippen molar-refractivity contribution >= 4 is 22.9 Å².